The monoisotopic (exact) mass is 249 g/mol. The molecular weight excluding hydrogens is 232 g/mol. The second-order valence-corrected chi connectivity index (χ2v) is 3.99. The number of rotatable bonds is 6. The molecule has 7 heteroatoms. The lowest BCUT2D eigenvalue weighted by atomic mass is 9.97. The molecular formula is C10H17F2N3O2. The molecule has 1 unspecified atom stereocenters. The quantitative estimate of drug-likeness (QED) is 0.484. The van der Waals surface area contributed by atoms with Gasteiger partial charge in [-0.05, 0) is 20.3 Å². The van der Waals surface area contributed by atoms with Crippen molar-refractivity contribution in [3.63, 3.8) is 0 Å². The van der Waals surface area contributed by atoms with Crippen LogP contribution >= 0.6 is 0 Å². The molecule has 1 atom stereocenters. The summed E-state index contributed by atoms with van der Waals surface area (Å²) in [6, 6.07) is 0. The Labute approximate surface area is 98.2 Å². The van der Waals surface area contributed by atoms with E-state index in [1.807, 2.05) is 0 Å². The third kappa shape index (κ3) is 5.96. The number of nitrogens with zero attached hydrogens (tertiary/aromatic N) is 1. The zero-order valence-electron chi connectivity index (χ0n) is 9.83. The standard InChI is InChI=1S/C10H17F2N3O2/c1-6(13)15-5-8(12)7(11)3-4-10(2,14)9(16)17/h3-5,14H2,1-2H3,(H2,13,15)(H,16,17)/b8-7+. The van der Waals surface area contributed by atoms with Crippen molar-refractivity contribution in [3.8, 4) is 0 Å². The van der Waals surface area contributed by atoms with E-state index in [-0.39, 0.29) is 18.7 Å². The van der Waals surface area contributed by atoms with Gasteiger partial charge in [0.15, 0.2) is 5.83 Å². The minimum Gasteiger partial charge on any atom is -0.480 e. The Morgan fingerprint density at radius 1 is 1.41 bits per heavy atom. The lowest BCUT2D eigenvalue weighted by Gasteiger charge is -2.18. The molecule has 0 aromatic heterocycles. The van der Waals surface area contributed by atoms with Crippen LogP contribution in [0.3, 0.4) is 0 Å². The summed E-state index contributed by atoms with van der Waals surface area (Å²) in [4.78, 5) is 14.1. The number of allylic oxidation sites excluding steroid dienone is 1. The molecule has 0 saturated carbocycles. The first kappa shape index (κ1) is 15.5. The Morgan fingerprint density at radius 3 is 2.35 bits per heavy atom. The van der Waals surface area contributed by atoms with Gasteiger partial charge in [0.1, 0.15) is 11.4 Å². The highest BCUT2D eigenvalue weighted by atomic mass is 19.2. The van der Waals surface area contributed by atoms with Crippen LogP contribution in [0.5, 0.6) is 0 Å². The van der Waals surface area contributed by atoms with Gasteiger partial charge in [-0.25, -0.2) is 8.78 Å². The van der Waals surface area contributed by atoms with Crippen LogP contribution in [0, 0.1) is 0 Å². The van der Waals surface area contributed by atoms with Crippen LogP contribution in [-0.4, -0.2) is 29.0 Å². The van der Waals surface area contributed by atoms with Gasteiger partial charge in [-0.15, -0.1) is 0 Å². The molecule has 0 aliphatic carbocycles. The minimum absolute atomic E-state index is 0.141. The van der Waals surface area contributed by atoms with E-state index in [2.05, 4.69) is 4.99 Å². The second kappa shape index (κ2) is 6.29. The third-order valence-electron chi connectivity index (χ3n) is 2.11. The maximum atomic E-state index is 13.2. The van der Waals surface area contributed by atoms with E-state index in [0.717, 1.165) is 0 Å². The molecule has 0 fully saturated rings. The fourth-order valence-electron chi connectivity index (χ4n) is 0.892. The van der Waals surface area contributed by atoms with Crippen LogP contribution in [0.2, 0.25) is 0 Å². The normalized spacial score (nSPS) is 17.4. The predicted molar refractivity (Wildman–Crippen MR) is 60.9 cm³/mol. The van der Waals surface area contributed by atoms with Gasteiger partial charge >= 0.3 is 5.97 Å². The van der Waals surface area contributed by atoms with Crippen molar-refractivity contribution < 1.29 is 18.7 Å². The van der Waals surface area contributed by atoms with E-state index >= 15 is 0 Å². The number of hydrogen-bond donors (Lipinski definition) is 3. The molecule has 0 heterocycles. The average molecular weight is 249 g/mol. The van der Waals surface area contributed by atoms with E-state index in [1.165, 1.54) is 13.8 Å². The number of aliphatic carboxylic acids is 1. The molecule has 0 rings (SSSR count). The fourth-order valence-corrected chi connectivity index (χ4v) is 0.892. The molecule has 5 N–H and O–H groups in total. The van der Waals surface area contributed by atoms with Crippen LogP contribution in [0.1, 0.15) is 26.7 Å². The van der Waals surface area contributed by atoms with Crippen molar-refractivity contribution in [2.45, 2.75) is 32.2 Å². The van der Waals surface area contributed by atoms with Gasteiger partial charge < -0.3 is 16.6 Å². The van der Waals surface area contributed by atoms with E-state index in [4.69, 9.17) is 16.6 Å². The first-order valence-corrected chi connectivity index (χ1v) is 4.98. The molecule has 0 saturated heterocycles. The van der Waals surface area contributed by atoms with Crippen LogP contribution in [-0.2, 0) is 4.79 Å². The fraction of sp³-hybridized carbons (Fsp3) is 0.600. The molecule has 0 aromatic rings. The largest absolute Gasteiger partial charge is 0.480 e. The van der Waals surface area contributed by atoms with E-state index in [0.29, 0.717) is 0 Å². The van der Waals surface area contributed by atoms with Crippen molar-refractivity contribution in [3.05, 3.63) is 11.7 Å². The van der Waals surface area contributed by atoms with Gasteiger partial charge in [-0.2, -0.15) is 0 Å². The molecule has 5 nitrogen and oxygen atoms in total. The highest BCUT2D eigenvalue weighted by Crippen LogP contribution is 2.19. The lowest BCUT2D eigenvalue weighted by Crippen LogP contribution is -2.44. The van der Waals surface area contributed by atoms with Crippen molar-refractivity contribution in [1.82, 2.24) is 0 Å². The smallest absolute Gasteiger partial charge is 0.323 e. The maximum absolute atomic E-state index is 13.2. The Bertz CT molecular complexity index is 347. The topological polar surface area (TPSA) is 102 Å². The number of carboxylic acids is 1. The number of aliphatic imine (C=N–C) groups is 1. The first-order chi connectivity index (χ1) is 7.66. The number of hydrogen-bond acceptors (Lipinski definition) is 3. The Balaban J connectivity index is 4.43. The van der Waals surface area contributed by atoms with Gasteiger partial charge in [0.2, 0.25) is 0 Å². The summed E-state index contributed by atoms with van der Waals surface area (Å²) < 4.78 is 26.3. The summed E-state index contributed by atoms with van der Waals surface area (Å²) in [6.07, 6.45) is -0.586. The summed E-state index contributed by atoms with van der Waals surface area (Å²) in [7, 11) is 0. The Hall–Kier alpha value is -1.50. The zero-order valence-corrected chi connectivity index (χ0v) is 9.83. The number of halogens is 2. The predicted octanol–water partition coefficient (Wildman–Crippen LogP) is 1.10. The summed E-state index contributed by atoms with van der Waals surface area (Å²) in [5.41, 5.74) is 8.96. The van der Waals surface area contributed by atoms with Gasteiger partial charge in [0.05, 0.1) is 12.4 Å². The highest BCUT2D eigenvalue weighted by molar-refractivity contribution is 5.78. The van der Waals surface area contributed by atoms with E-state index in [9.17, 15) is 13.6 Å². The number of nitrogens with two attached hydrogens (primary N) is 2. The van der Waals surface area contributed by atoms with Gasteiger partial charge in [-0.1, -0.05) is 0 Å². The second-order valence-electron chi connectivity index (χ2n) is 3.99. The van der Waals surface area contributed by atoms with Crippen LogP contribution in [0.4, 0.5) is 8.78 Å². The highest BCUT2D eigenvalue weighted by Gasteiger charge is 2.28. The maximum Gasteiger partial charge on any atom is 0.323 e. The van der Waals surface area contributed by atoms with Crippen molar-refractivity contribution >= 4 is 11.8 Å². The van der Waals surface area contributed by atoms with Crippen LogP contribution in [0.15, 0.2) is 16.6 Å². The van der Waals surface area contributed by atoms with Gasteiger partial charge in [-0.3, -0.25) is 9.79 Å². The van der Waals surface area contributed by atoms with Gasteiger partial charge in [0.25, 0.3) is 0 Å². The molecule has 17 heavy (non-hydrogen) atoms. The molecule has 0 aromatic carbocycles. The Kier molecular flexibility index (Phi) is 5.73. The third-order valence-corrected chi connectivity index (χ3v) is 2.11. The number of carboxylic acid groups (broad SMARTS) is 1. The van der Waals surface area contributed by atoms with Crippen molar-refractivity contribution in [1.29, 1.82) is 0 Å². The molecule has 0 bridgehead atoms. The SMILES string of the molecule is CC(N)=NC/C(F)=C(\F)CCC(C)(N)C(=O)O. The number of amidine groups is 1. The van der Waals surface area contributed by atoms with Gasteiger partial charge in [0, 0.05) is 6.42 Å². The zero-order chi connectivity index (χ0) is 13.6. The van der Waals surface area contributed by atoms with Crippen LogP contribution in [0.25, 0.3) is 0 Å². The first-order valence-electron chi connectivity index (χ1n) is 4.98. The molecule has 0 amide bonds. The molecule has 98 valence electrons. The minimum atomic E-state index is -1.58. The summed E-state index contributed by atoms with van der Waals surface area (Å²) in [6.45, 7) is 2.21. The summed E-state index contributed by atoms with van der Waals surface area (Å²) in [5, 5.41) is 8.67. The molecule has 0 aliphatic rings. The van der Waals surface area contributed by atoms with Crippen molar-refractivity contribution in [2.75, 3.05) is 6.54 Å². The summed E-state index contributed by atoms with van der Waals surface area (Å²) in [5.74, 6) is -3.23. The Morgan fingerprint density at radius 2 is 1.94 bits per heavy atom. The molecule has 0 aliphatic heterocycles. The van der Waals surface area contributed by atoms with E-state index < -0.39 is 29.7 Å². The van der Waals surface area contributed by atoms with E-state index in [1.54, 1.807) is 0 Å². The number of carbonyl (C=O) groups is 1. The summed E-state index contributed by atoms with van der Waals surface area (Å²) >= 11 is 0. The van der Waals surface area contributed by atoms with Crippen molar-refractivity contribution in [2.24, 2.45) is 16.5 Å². The molecule has 0 spiro atoms. The van der Waals surface area contributed by atoms with Crippen LogP contribution < -0.4 is 11.5 Å². The molecule has 0 radical (unpaired) electrons. The average Bonchev–Trinajstić information content (AvgIpc) is 2.22. The lowest BCUT2D eigenvalue weighted by molar-refractivity contribution is -0.142.